The third-order valence-corrected chi connectivity index (χ3v) is 1.57. The summed E-state index contributed by atoms with van der Waals surface area (Å²) in [6.45, 7) is 1.49. The fraction of sp³-hybridized carbons (Fsp3) is 0.143. The van der Waals surface area contributed by atoms with Gasteiger partial charge in [0.1, 0.15) is 17.1 Å². The highest BCUT2D eigenvalue weighted by molar-refractivity contribution is 5.68. The molecule has 1 aromatic rings. The summed E-state index contributed by atoms with van der Waals surface area (Å²) in [5.74, 6) is -0.0722. The molecule has 0 atom stereocenters. The molecule has 0 amide bonds. The summed E-state index contributed by atoms with van der Waals surface area (Å²) in [6.07, 6.45) is 0. The Labute approximate surface area is 68.0 Å². The molecule has 1 N–H and O–H groups in total. The van der Waals surface area contributed by atoms with Crippen LogP contribution in [-0.4, -0.2) is 5.11 Å². The normalized spacial score (nSPS) is 9.42. The van der Waals surface area contributed by atoms with Crippen LogP contribution in [0.4, 0.5) is 11.4 Å². The van der Waals surface area contributed by atoms with Crippen molar-refractivity contribution >= 4 is 11.4 Å². The molecule has 0 aliphatic rings. The molecule has 0 bridgehead atoms. The van der Waals surface area contributed by atoms with E-state index in [-0.39, 0.29) is 22.7 Å². The van der Waals surface area contributed by atoms with Gasteiger partial charge in [-0.15, -0.1) is 9.81 Å². The van der Waals surface area contributed by atoms with Gasteiger partial charge >= 0.3 is 0 Å². The summed E-state index contributed by atoms with van der Waals surface area (Å²) >= 11 is 0. The van der Waals surface area contributed by atoms with Gasteiger partial charge in [-0.25, -0.2) is 0 Å². The van der Waals surface area contributed by atoms with Gasteiger partial charge in [-0.1, -0.05) is 0 Å². The Hall–Kier alpha value is -1.78. The Morgan fingerprint density at radius 1 is 1.25 bits per heavy atom. The number of nitroso groups, excluding NO2 is 2. The molecule has 0 radical (unpaired) electrons. The van der Waals surface area contributed by atoms with E-state index in [1.165, 1.54) is 19.1 Å². The molecule has 0 unspecified atom stereocenters. The number of phenols is 1. The Morgan fingerprint density at radius 2 is 1.92 bits per heavy atom. The van der Waals surface area contributed by atoms with Crippen LogP contribution in [0.3, 0.4) is 0 Å². The molecular weight excluding hydrogens is 160 g/mol. The zero-order valence-electron chi connectivity index (χ0n) is 6.31. The molecule has 0 saturated carbocycles. The van der Waals surface area contributed by atoms with E-state index in [0.29, 0.717) is 0 Å². The predicted molar refractivity (Wildman–Crippen MR) is 43.8 cm³/mol. The van der Waals surface area contributed by atoms with Crippen molar-refractivity contribution in [1.29, 1.82) is 0 Å². The Bertz CT molecular complexity index is 336. The molecule has 1 rings (SSSR count). The third-order valence-electron chi connectivity index (χ3n) is 1.57. The van der Waals surface area contributed by atoms with Gasteiger partial charge in [-0.2, -0.15) is 0 Å². The number of benzene rings is 1. The van der Waals surface area contributed by atoms with Crippen LogP contribution in [0.15, 0.2) is 22.5 Å². The number of aromatic hydroxyl groups is 1. The van der Waals surface area contributed by atoms with E-state index in [0.717, 1.165) is 0 Å². The van der Waals surface area contributed by atoms with Crippen molar-refractivity contribution in [2.75, 3.05) is 0 Å². The molecule has 0 heterocycles. The molecular formula is C7H6N2O3. The summed E-state index contributed by atoms with van der Waals surface area (Å²) in [7, 11) is 0. The maximum Gasteiger partial charge on any atom is 0.143 e. The topological polar surface area (TPSA) is 79.1 Å². The van der Waals surface area contributed by atoms with E-state index in [1.807, 2.05) is 0 Å². The maximum absolute atomic E-state index is 10.2. The lowest BCUT2D eigenvalue weighted by atomic mass is 10.1. The quantitative estimate of drug-likeness (QED) is 0.685. The van der Waals surface area contributed by atoms with Gasteiger partial charge in [0.05, 0.1) is 0 Å². The smallest absolute Gasteiger partial charge is 0.143 e. The van der Waals surface area contributed by atoms with Crippen LogP contribution < -0.4 is 0 Å². The summed E-state index contributed by atoms with van der Waals surface area (Å²) in [5.41, 5.74) is 0.104. The predicted octanol–water partition coefficient (Wildman–Crippen LogP) is 2.50. The SMILES string of the molecule is Cc1c(O)ccc(N=O)c1N=O. The molecule has 0 saturated heterocycles. The molecule has 5 nitrogen and oxygen atoms in total. The second-order valence-electron chi connectivity index (χ2n) is 2.26. The third kappa shape index (κ3) is 1.16. The van der Waals surface area contributed by atoms with Crippen LogP contribution in [-0.2, 0) is 0 Å². The minimum atomic E-state index is -0.106. The minimum absolute atomic E-state index is 0.0553. The Kier molecular flexibility index (Phi) is 2.14. The van der Waals surface area contributed by atoms with Crippen LogP contribution in [0.5, 0.6) is 5.75 Å². The van der Waals surface area contributed by atoms with Crippen molar-refractivity contribution in [2.45, 2.75) is 6.92 Å². The van der Waals surface area contributed by atoms with E-state index in [4.69, 9.17) is 5.11 Å². The number of hydrogen-bond acceptors (Lipinski definition) is 5. The van der Waals surface area contributed by atoms with E-state index in [2.05, 4.69) is 10.4 Å². The molecule has 0 spiro atoms. The zero-order chi connectivity index (χ0) is 9.14. The second kappa shape index (κ2) is 3.08. The second-order valence-corrected chi connectivity index (χ2v) is 2.26. The Morgan fingerprint density at radius 3 is 2.42 bits per heavy atom. The van der Waals surface area contributed by atoms with Crippen LogP contribution >= 0.6 is 0 Å². The zero-order valence-corrected chi connectivity index (χ0v) is 6.31. The highest BCUT2D eigenvalue weighted by Crippen LogP contribution is 2.35. The first-order valence-electron chi connectivity index (χ1n) is 3.20. The van der Waals surface area contributed by atoms with Gasteiger partial charge in [0.2, 0.25) is 0 Å². The highest BCUT2D eigenvalue weighted by atomic mass is 16.3. The Balaban J connectivity index is 3.45. The number of nitrogens with zero attached hydrogens (tertiary/aromatic N) is 2. The first-order valence-corrected chi connectivity index (χ1v) is 3.20. The van der Waals surface area contributed by atoms with Gasteiger partial charge in [-0.05, 0) is 29.4 Å². The van der Waals surface area contributed by atoms with E-state index >= 15 is 0 Å². The average molecular weight is 166 g/mol. The molecule has 62 valence electrons. The van der Waals surface area contributed by atoms with Gasteiger partial charge in [-0.3, -0.25) is 0 Å². The molecule has 0 aliphatic heterocycles. The van der Waals surface area contributed by atoms with Crippen molar-refractivity contribution in [3.63, 3.8) is 0 Å². The number of hydrogen-bond donors (Lipinski definition) is 1. The monoisotopic (exact) mass is 166 g/mol. The minimum Gasteiger partial charge on any atom is -0.508 e. The van der Waals surface area contributed by atoms with Gasteiger partial charge in [0, 0.05) is 5.56 Å². The van der Waals surface area contributed by atoms with Crippen molar-refractivity contribution in [3.8, 4) is 5.75 Å². The first-order chi connectivity index (χ1) is 5.70. The van der Waals surface area contributed by atoms with E-state index < -0.39 is 0 Å². The number of rotatable bonds is 2. The lowest BCUT2D eigenvalue weighted by Gasteiger charge is -2.00. The van der Waals surface area contributed by atoms with Gasteiger partial charge < -0.3 is 5.11 Å². The van der Waals surface area contributed by atoms with Gasteiger partial charge in [0.15, 0.2) is 0 Å². The summed E-state index contributed by atoms with van der Waals surface area (Å²) < 4.78 is 0. The van der Waals surface area contributed by atoms with Crippen molar-refractivity contribution in [1.82, 2.24) is 0 Å². The lowest BCUT2D eigenvalue weighted by Crippen LogP contribution is -1.76. The van der Waals surface area contributed by atoms with Crippen molar-refractivity contribution in [3.05, 3.63) is 27.5 Å². The summed E-state index contributed by atoms with van der Waals surface area (Å²) in [5, 5.41) is 14.3. The molecule has 0 aromatic heterocycles. The lowest BCUT2D eigenvalue weighted by molar-refractivity contribution is 0.471. The van der Waals surface area contributed by atoms with Crippen LogP contribution in [0.25, 0.3) is 0 Å². The summed E-state index contributed by atoms with van der Waals surface area (Å²) in [6, 6.07) is 2.53. The van der Waals surface area contributed by atoms with Crippen LogP contribution in [0, 0.1) is 16.7 Å². The molecule has 0 fully saturated rings. The van der Waals surface area contributed by atoms with Crippen LogP contribution in [0.1, 0.15) is 5.56 Å². The molecule has 5 heteroatoms. The molecule has 1 aromatic carbocycles. The van der Waals surface area contributed by atoms with E-state index in [1.54, 1.807) is 0 Å². The summed E-state index contributed by atoms with van der Waals surface area (Å²) in [4.78, 5) is 20.3. The number of phenolic OH excluding ortho intramolecular Hbond substituents is 1. The fourth-order valence-electron chi connectivity index (χ4n) is 0.864. The standard InChI is InChI=1S/C7H6N2O3/c1-4-6(10)3-2-5(8-11)7(4)9-12/h2-3,10H,1H3. The van der Waals surface area contributed by atoms with E-state index in [9.17, 15) is 9.81 Å². The molecule has 12 heavy (non-hydrogen) atoms. The van der Waals surface area contributed by atoms with Crippen LogP contribution in [0.2, 0.25) is 0 Å². The van der Waals surface area contributed by atoms with Crippen molar-refractivity contribution in [2.24, 2.45) is 10.4 Å². The fourth-order valence-corrected chi connectivity index (χ4v) is 0.864. The first kappa shape index (κ1) is 8.32. The molecule has 0 aliphatic carbocycles. The average Bonchev–Trinajstić information content (AvgIpc) is 2.09. The van der Waals surface area contributed by atoms with Crippen molar-refractivity contribution < 1.29 is 5.11 Å². The maximum atomic E-state index is 10.2. The highest BCUT2D eigenvalue weighted by Gasteiger charge is 2.09. The van der Waals surface area contributed by atoms with Gasteiger partial charge in [0.25, 0.3) is 0 Å². The largest absolute Gasteiger partial charge is 0.508 e.